The van der Waals surface area contributed by atoms with E-state index in [0.29, 0.717) is 29.0 Å². The molecule has 0 aromatic heterocycles. The Bertz CT molecular complexity index is 1650. The third-order valence-corrected chi connectivity index (χ3v) is 5.85. The predicted molar refractivity (Wildman–Crippen MR) is 156 cm³/mol. The quantitative estimate of drug-likeness (QED) is 0.0842. The van der Waals surface area contributed by atoms with E-state index in [0.717, 1.165) is 5.56 Å². The van der Waals surface area contributed by atoms with Crippen LogP contribution in [0.3, 0.4) is 0 Å². The highest BCUT2D eigenvalue weighted by Gasteiger charge is 2.15. The fraction of sp³-hybridized carbons (Fsp3) is 0.0968. The minimum Gasteiger partial charge on any atom is -0.490 e. The number of carbonyl (C=O) groups excluding carboxylic acids is 3. The summed E-state index contributed by atoms with van der Waals surface area (Å²) in [7, 11) is 0. The van der Waals surface area contributed by atoms with E-state index in [-0.39, 0.29) is 28.7 Å². The summed E-state index contributed by atoms with van der Waals surface area (Å²) in [6.07, 6.45) is 1.40. The van der Waals surface area contributed by atoms with Crippen molar-refractivity contribution in [1.82, 2.24) is 5.43 Å². The van der Waals surface area contributed by atoms with Crippen LogP contribution in [0.4, 0.5) is 11.4 Å². The summed E-state index contributed by atoms with van der Waals surface area (Å²) < 4.78 is 11.0. The molecule has 0 bridgehead atoms. The second-order valence-corrected chi connectivity index (χ2v) is 8.93. The van der Waals surface area contributed by atoms with Gasteiger partial charge in [0.1, 0.15) is 0 Å². The number of carbonyl (C=O) groups is 3. The van der Waals surface area contributed by atoms with Gasteiger partial charge in [-0.05, 0) is 86.1 Å². The van der Waals surface area contributed by atoms with Crippen LogP contribution in [0.5, 0.6) is 11.5 Å². The summed E-state index contributed by atoms with van der Waals surface area (Å²) in [4.78, 5) is 47.8. The van der Waals surface area contributed by atoms with Crippen LogP contribution in [-0.4, -0.2) is 35.5 Å². The van der Waals surface area contributed by atoms with E-state index in [1.807, 2.05) is 19.1 Å². The maximum absolute atomic E-state index is 12.5. The molecule has 0 radical (unpaired) electrons. The fourth-order valence-electron chi connectivity index (χ4n) is 3.76. The standard InChI is InChI=1S/C31H26N4O7/c1-3-41-28-18-21(7-16-27(28)42-31(38)23-10-14-26(15-11-23)35(39)40)19-32-34-30(37)22-8-12-25(13-9-22)33-29(36)24-6-4-5-20(2)17-24/h4-19H,3H2,1-2H3,(H,33,36)(H,34,37)/b32-19-. The summed E-state index contributed by atoms with van der Waals surface area (Å²) in [6, 6.07) is 23.4. The van der Waals surface area contributed by atoms with Crippen LogP contribution in [0.15, 0.2) is 96.1 Å². The lowest BCUT2D eigenvalue weighted by Gasteiger charge is -2.11. The number of nitro groups is 1. The lowest BCUT2D eigenvalue weighted by Crippen LogP contribution is -2.18. The topological polar surface area (TPSA) is 149 Å². The number of benzene rings is 4. The molecule has 42 heavy (non-hydrogen) atoms. The van der Waals surface area contributed by atoms with Gasteiger partial charge >= 0.3 is 5.97 Å². The largest absolute Gasteiger partial charge is 0.490 e. The molecule has 4 rings (SSSR count). The number of amides is 2. The second-order valence-electron chi connectivity index (χ2n) is 8.93. The molecule has 0 spiro atoms. The summed E-state index contributed by atoms with van der Waals surface area (Å²) >= 11 is 0. The first-order chi connectivity index (χ1) is 20.2. The molecule has 0 unspecified atom stereocenters. The lowest BCUT2D eigenvalue weighted by atomic mass is 10.1. The normalized spacial score (nSPS) is 10.6. The van der Waals surface area contributed by atoms with Gasteiger partial charge in [-0.25, -0.2) is 10.2 Å². The first kappa shape index (κ1) is 29.2. The van der Waals surface area contributed by atoms with Gasteiger partial charge in [0.25, 0.3) is 17.5 Å². The molecule has 0 aliphatic heterocycles. The van der Waals surface area contributed by atoms with Crippen LogP contribution in [0, 0.1) is 17.0 Å². The van der Waals surface area contributed by atoms with Gasteiger partial charge in [-0.1, -0.05) is 17.7 Å². The Kier molecular flexibility index (Phi) is 9.36. The van der Waals surface area contributed by atoms with E-state index in [2.05, 4.69) is 15.8 Å². The van der Waals surface area contributed by atoms with Gasteiger partial charge in [-0.2, -0.15) is 5.10 Å². The predicted octanol–water partition coefficient (Wildman–Crippen LogP) is 5.54. The molecule has 4 aromatic carbocycles. The fourth-order valence-corrected chi connectivity index (χ4v) is 3.76. The van der Waals surface area contributed by atoms with Crippen LogP contribution < -0.4 is 20.2 Å². The zero-order valence-corrected chi connectivity index (χ0v) is 22.7. The summed E-state index contributed by atoms with van der Waals surface area (Å²) in [5.41, 5.74) is 5.38. The molecule has 0 saturated carbocycles. The minimum atomic E-state index is -0.708. The maximum Gasteiger partial charge on any atom is 0.343 e. The second kappa shape index (κ2) is 13.5. The van der Waals surface area contributed by atoms with E-state index >= 15 is 0 Å². The first-order valence-corrected chi connectivity index (χ1v) is 12.8. The number of nitrogens with one attached hydrogen (secondary N) is 2. The number of hydrogen-bond donors (Lipinski definition) is 2. The Morgan fingerprint density at radius 3 is 2.24 bits per heavy atom. The Labute approximate surface area is 240 Å². The summed E-state index contributed by atoms with van der Waals surface area (Å²) in [5, 5.41) is 17.6. The van der Waals surface area contributed by atoms with Gasteiger partial charge in [-0.15, -0.1) is 0 Å². The number of hydrogen-bond acceptors (Lipinski definition) is 8. The van der Waals surface area contributed by atoms with Crippen molar-refractivity contribution in [1.29, 1.82) is 0 Å². The van der Waals surface area contributed by atoms with Crippen molar-refractivity contribution in [2.45, 2.75) is 13.8 Å². The molecular weight excluding hydrogens is 540 g/mol. The van der Waals surface area contributed by atoms with Crippen LogP contribution in [-0.2, 0) is 0 Å². The molecule has 0 aliphatic rings. The molecule has 0 saturated heterocycles. The molecule has 2 N–H and O–H groups in total. The minimum absolute atomic E-state index is 0.137. The third-order valence-electron chi connectivity index (χ3n) is 5.85. The van der Waals surface area contributed by atoms with E-state index in [1.54, 1.807) is 55.5 Å². The van der Waals surface area contributed by atoms with Crippen LogP contribution in [0.2, 0.25) is 0 Å². The van der Waals surface area contributed by atoms with Gasteiger partial charge in [0, 0.05) is 28.9 Å². The highest BCUT2D eigenvalue weighted by Crippen LogP contribution is 2.29. The van der Waals surface area contributed by atoms with Gasteiger partial charge in [-0.3, -0.25) is 19.7 Å². The van der Waals surface area contributed by atoms with E-state index in [9.17, 15) is 24.5 Å². The average molecular weight is 567 g/mol. The average Bonchev–Trinajstić information content (AvgIpc) is 2.99. The first-order valence-electron chi connectivity index (χ1n) is 12.8. The molecule has 0 fully saturated rings. The van der Waals surface area contributed by atoms with Gasteiger partial charge < -0.3 is 14.8 Å². The smallest absolute Gasteiger partial charge is 0.343 e. The monoisotopic (exact) mass is 566 g/mol. The van der Waals surface area contributed by atoms with Crippen molar-refractivity contribution < 1.29 is 28.8 Å². The van der Waals surface area contributed by atoms with Crippen LogP contribution in [0.25, 0.3) is 0 Å². The molecule has 212 valence electrons. The maximum atomic E-state index is 12.5. The highest BCUT2D eigenvalue weighted by atomic mass is 16.6. The van der Waals surface area contributed by atoms with E-state index < -0.39 is 16.8 Å². The lowest BCUT2D eigenvalue weighted by molar-refractivity contribution is -0.384. The van der Waals surface area contributed by atoms with E-state index in [1.165, 1.54) is 36.5 Å². The number of hydrazone groups is 1. The number of aryl methyl sites for hydroxylation is 1. The number of ether oxygens (including phenoxy) is 2. The Balaban J connectivity index is 1.36. The number of anilines is 1. The SMILES string of the molecule is CCOc1cc(/C=N\NC(=O)c2ccc(NC(=O)c3cccc(C)c3)cc2)ccc1OC(=O)c1ccc([N+](=O)[O-])cc1. The summed E-state index contributed by atoms with van der Waals surface area (Å²) in [5.74, 6) is -0.997. The molecule has 2 amide bonds. The molecule has 4 aromatic rings. The number of rotatable bonds is 10. The van der Waals surface area contributed by atoms with Crippen molar-refractivity contribution in [2.75, 3.05) is 11.9 Å². The number of nitro benzene ring substituents is 1. The Morgan fingerprint density at radius 1 is 0.857 bits per heavy atom. The Hall–Kier alpha value is -5.84. The number of esters is 1. The highest BCUT2D eigenvalue weighted by molar-refractivity contribution is 6.04. The van der Waals surface area contributed by atoms with Crippen LogP contribution >= 0.6 is 0 Å². The van der Waals surface area contributed by atoms with Gasteiger partial charge in [0.15, 0.2) is 11.5 Å². The number of nitrogens with zero attached hydrogens (tertiary/aromatic N) is 2. The van der Waals surface area contributed by atoms with Crippen molar-refractivity contribution >= 4 is 35.4 Å². The van der Waals surface area contributed by atoms with E-state index in [4.69, 9.17) is 9.47 Å². The van der Waals surface area contributed by atoms with Crippen LogP contribution in [0.1, 0.15) is 49.1 Å². The molecule has 0 aliphatic carbocycles. The molecular formula is C31H26N4O7. The van der Waals surface area contributed by atoms with Crippen molar-refractivity contribution in [3.63, 3.8) is 0 Å². The van der Waals surface area contributed by atoms with Gasteiger partial charge in [0.2, 0.25) is 0 Å². The Morgan fingerprint density at radius 2 is 1.57 bits per heavy atom. The number of non-ortho nitro benzene ring substituents is 1. The third kappa shape index (κ3) is 7.63. The van der Waals surface area contributed by atoms with Crippen molar-refractivity contribution in [3.05, 3.63) is 129 Å². The zero-order valence-electron chi connectivity index (χ0n) is 22.7. The summed E-state index contributed by atoms with van der Waals surface area (Å²) in [6.45, 7) is 3.96. The molecule has 11 nitrogen and oxygen atoms in total. The zero-order chi connectivity index (χ0) is 30.1. The molecule has 11 heteroatoms. The van der Waals surface area contributed by atoms with Crippen molar-refractivity contribution in [2.24, 2.45) is 5.10 Å². The molecule has 0 atom stereocenters. The van der Waals surface area contributed by atoms with Crippen molar-refractivity contribution in [3.8, 4) is 11.5 Å². The van der Waals surface area contributed by atoms with Gasteiger partial charge in [0.05, 0.1) is 23.3 Å². The molecule has 0 heterocycles.